The van der Waals surface area contributed by atoms with Crippen molar-refractivity contribution >= 4 is 0 Å². The third-order valence-electron chi connectivity index (χ3n) is 2.67. The number of aromatic hydroxyl groups is 1. The zero-order chi connectivity index (χ0) is 10.1. The summed E-state index contributed by atoms with van der Waals surface area (Å²) in [6, 6.07) is 3.49. The number of fused-ring (bicyclic) bond motifs is 1. The first-order valence-electron chi connectivity index (χ1n) is 4.97. The average molecular weight is 193 g/mol. The van der Waals surface area contributed by atoms with Crippen LogP contribution in [-0.4, -0.2) is 11.7 Å². The molecule has 0 bridgehead atoms. The van der Waals surface area contributed by atoms with Crippen molar-refractivity contribution in [2.45, 2.75) is 25.8 Å². The largest absolute Gasteiger partial charge is 0.508 e. The highest BCUT2D eigenvalue weighted by Gasteiger charge is 2.25. The Bertz CT molecular complexity index is 349. The zero-order valence-corrected chi connectivity index (χ0v) is 8.29. The van der Waals surface area contributed by atoms with Gasteiger partial charge in [-0.25, -0.2) is 0 Å². The van der Waals surface area contributed by atoms with E-state index >= 15 is 0 Å². The second-order valence-corrected chi connectivity index (χ2v) is 3.55. The highest BCUT2D eigenvalue weighted by atomic mass is 16.5. The summed E-state index contributed by atoms with van der Waals surface area (Å²) in [7, 11) is 0. The molecule has 0 saturated heterocycles. The van der Waals surface area contributed by atoms with Crippen molar-refractivity contribution in [1.82, 2.24) is 0 Å². The van der Waals surface area contributed by atoms with Gasteiger partial charge in [0.25, 0.3) is 0 Å². The zero-order valence-electron chi connectivity index (χ0n) is 8.29. The maximum atomic E-state index is 9.63. The first-order chi connectivity index (χ1) is 6.74. The van der Waals surface area contributed by atoms with E-state index in [1.807, 2.05) is 6.92 Å². The fourth-order valence-corrected chi connectivity index (χ4v) is 2.03. The number of hydrogen-bond donors (Lipinski definition) is 2. The smallest absolute Gasteiger partial charge is 0.124 e. The molecule has 1 aliphatic rings. The van der Waals surface area contributed by atoms with Crippen molar-refractivity contribution in [1.29, 1.82) is 0 Å². The highest BCUT2D eigenvalue weighted by molar-refractivity contribution is 5.52. The number of rotatable bonds is 2. The van der Waals surface area contributed by atoms with E-state index in [0.29, 0.717) is 12.4 Å². The molecule has 0 aliphatic heterocycles. The van der Waals surface area contributed by atoms with Gasteiger partial charge in [-0.05, 0) is 31.9 Å². The van der Waals surface area contributed by atoms with Crippen LogP contribution in [0, 0.1) is 0 Å². The molecule has 1 aromatic carbocycles. The third-order valence-corrected chi connectivity index (χ3v) is 2.67. The fourth-order valence-electron chi connectivity index (χ4n) is 2.03. The standard InChI is InChI=1S/C11H15NO2/c1-2-14-10-6-5-9(13)7-3-4-8(12)11(7)10/h5-6,8,13H,2-4,12H2,1H3/t8-/m0/s1. The molecule has 0 heterocycles. The molecule has 3 nitrogen and oxygen atoms in total. The van der Waals surface area contributed by atoms with Crippen LogP contribution in [0.4, 0.5) is 0 Å². The Morgan fingerprint density at radius 2 is 2.36 bits per heavy atom. The molecule has 1 aliphatic carbocycles. The summed E-state index contributed by atoms with van der Waals surface area (Å²) < 4.78 is 5.48. The van der Waals surface area contributed by atoms with Gasteiger partial charge in [-0.15, -0.1) is 0 Å². The maximum absolute atomic E-state index is 9.63. The Labute approximate surface area is 83.5 Å². The van der Waals surface area contributed by atoms with Crippen LogP contribution in [0.2, 0.25) is 0 Å². The van der Waals surface area contributed by atoms with Gasteiger partial charge in [-0.2, -0.15) is 0 Å². The Kier molecular flexibility index (Phi) is 2.33. The molecule has 76 valence electrons. The summed E-state index contributed by atoms with van der Waals surface area (Å²) in [5.74, 6) is 1.17. The van der Waals surface area contributed by atoms with Crippen molar-refractivity contribution < 1.29 is 9.84 Å². The van der Waals surface area contributed by atoms with Gasteiger partial charge in [0.2, 0.25) is 0 Å². The van der Waals surface area contributed by atoms with Crippen molar-refractivity contribution in [3.63, 3.8) is 0 Å². The second-order valence-electron chi connectivity index (χ2n) is 3.55. The number of hydrogen-bond acceptors (Lipinski definition) is 3. The van der Waals surface area contributed by atoms with Gasteiger partial charge < -0.3 is 15.6 Å². The van der Waals surface area contributed by atoms with Crippen LogP contribution in [-0.2, 0) is 6.42 Å². The molecule has 3 N–H and O–H groups in total. The maximum Gasteiger partial charge on any atom is 0.124 e. The van der Waals surface area contributed by atoms with Crippen LogP contribution in [0.15, 0.2) is 12.1 Å². The molecule has 3 heteroatoms. The first-order valence-corrected chi connectivity index (χ1v) is 4.97. The molecule has 1 atom stereocenters. The molecular formula is C11H15NO2. The number of ether oxygens (including phenoxy) is 1. The Balaban J connectivity index is 2.49. The molecule has 0 amide bonds. The lowest BCUT2D eigenvalue weighted by Crippen LogP contribution is -2.08. The first kappa shape index (κ1) is 9.34. The van der Waals surface area contributed by atoms with Gasteiger partial charge in [0.1, 0.15) is 11.5 Å². The number of phenolic OH excluding ortho intramolecular Hbond substituents is 1. The summed E-state index contributed by atoms with van der Waals surface area (Å²) >= 11 is 0. The molecule has 0 radical (unpaired) electrons. The summed E-state index contributed by atoms with van der Waals surface area (Å²) in [6.07, 6.45) is 1.75. The average Bonchev–Trinajstić information content (AvgIpc) is 2.55. The van der Waals surface area contributed by atoms with E-state index in [9.17, 15) is 5.11 Å². The number of nitrogens with two attached hydrogens (primary N) is 1. The van der Waals surface area contributed by atoms with Crippen molar-refractivity contribution in [3.8, 4) is 11.5 Å². The molecule has 0 saturated carbocycles. The summed E-state index contributed by atoms with van der Waals surface area (Å²) in [6.45, 7) is 2.57. The third kappa shape index (κ3) is 1.34. The quantitative estimate of drug-likeness (QED) is 0.752. The molecule has 0 aromatic heterocycles. The van der Waals surface area contributed by atoms with Gasteiger partial charge in [0.05, 0.1) is 6.61 Å². The van der Waals surface area contributed by atoms with Crippen LogP contribution in [0.25, 0.3) is 0 Å². The Hall–Kier alpha value is -1.22. The lowest BCUT2D eigenvalue weighted by molar-refractivity contribution is 0.334. The summed E-state index contributed by atoms with van der Waals surface area (Å²) in [5.41, 5.74) is 7.91. The molecule has 0 unspecified atom stereocenters. The number of phenols is 1. The molecule has 0 fully saturated rings. The van der Waals surface area contributed by atoms with Gasteiger partial charge in [-0.3, -0.25) is 0 Å². The SMILES string of the molecule is CCOc1ccc(O)c2c1[C@@H](N)CC2. The number of benzene rings is 1. The summed E-state index contributed by atoms with van der Waals surface area (Å²) in [4.78, 5) is 0. The predicted molar refractivity (Wildman–Crippen MR) is 54.5 cm³/mol. The minimum absolute atomic E-state index is 0.0126. The van der Waals surface area contributed by atoms with E-state index in [4.69, 9.17) is 10.5 Å². The topological polar surface area (TPSA) is 55.5 Å². The molecular weight excluding hydrogens is 178 g/mol. The summed E-state index contributed by atoms with van der Waals surface area (Å²) in [5, 5.41) is 9.63. The fraction of sp³-hybridized carbons (Fsp3) is 0.455. The normalized spacial score (nSPS) is 19.4. The molecule has 2 rings (SSSR count). The van der Waals surface area contributed by atoms with Crippen LogP contribution >= 0.6 is 0 Å². The minimum Gasteiger partial charge on any atom is -0.508 e. The van der Waals surface area contributed by atoms with Gasteiger partial charge in [0.15, 0.2) is 0 Å². The second kappa shape index (κ2) is 3.50. The Morgan fingerprint density at radius 1 is 1.57 bits per heavy atom. The van der Waals surface area contributed by atoms with Crippen LogP contribution < -0.4 is 10.5 Å². The van der Waals surface area contributed by atoms with Crippen molar-refractivity contribution in [2.24, 2.45) is 5.73 Å². The van der Waals surface area contributed by atoms with E-state index in [0.717, 1.165) is 29.7 Å². The van der Waals surface area contributed by atoms with Gasteiger partial charge >= 0.3 is 0 Å². The van der Waals surface area contributed by atoms with Gasteiger partial charge in [0, 0.05) is 17.2 Å². The van der Waals surface area contributed by atoms with Crippen LogP contribution in [0.5, 0.6) is 11.5 Å². The monoisotopic (exact) mass is 193 g/mol. The lowest BCUT2D eigenvalue weighted by Gasteiger charge is -2.13. The van der Waals surface area contributed by atoms with Gasteiger partial charge in [-0.1, -0.05) is 0 Å². The van der Waals surface area contributed by atoms with E-state index in [1.54, 1.807) is 12.1 Å². The predicted octanol–water partition coefficient (Wildman–Crippen LogP) is 1.74. The molecule has 0 spiro atoms. The van der Waals surface area contributed by atoms with E-state index in [1.165, 1.54) is 0 Å². The van der Waals surface area contributed by atoms with Crippen molar-refractivity contribution in [3.05, 3.63) is 23.3 Å². The van der Waals surface area contributed by atoms with Crippen LogP contribution in [0.3, 0.4) is 0 Å². The lowest BCUT2D eigenvalue weighted by atomic mass is 10.1. The highest BCUT2D eigenvalue weighted by Crippen LogP contribution is 2.41. The van der Waals surface area contributed by atoms with Crippen molar-refractivity contribution in [2.75, 3.05) is 6.61 Å². The van der Waals surface area contributed by atoms with E-state index < -0.39 is 0 Å². The van der Waals surface area contributed by atoms with E-state index in [-0.39, 0.29) is 6.04 Å². The molecule has 14 heavy (non-hydrogen) atoms. The van der Waals surface area contributed by atoms with Crippen LogP contribution in [0.1, 0.15) is 30.5 Å². The minimum atomic E-state index is 0.0126. The van der Waals surface area contributed by atoms with E-state index in [2.05, 4.69) is 0 Å². The molecule has 1 aromatic rings. The Morgan fingerprint density at radius 3 is 3.07 bits per heavy atom.